The number of fused-ring (bicyclic) bond motifs is 5. The molecule has 0 aromatic carbocycles. The van der Waals surface area contributed by atoms with Gasteiger partial charge in [0.1, 0.15) is 19.0 Å². The summed E-state index contributed by atoms with van der Waals surface area (Å²) in [4.78, 5) is 37.1. The lowest BCUT2D eigenvalue weighted by molar-refractivity contribution is -0.126. The molecular formula is C35H52O9. The first-order chi connectivity index (χ1) is 20.8. The van der Waals surface area contributed by atoms with E-state index in [2.05, 4.69) is 39.0 Å². The molecular weight excluding hydrogens is 564 g/mol. The van der Waals surface area contributed by atoms with Gasteiger partial charge in [0.05, 0.1) is 19.8 Å². The fourth-order valence-electron chi connectivity index (χ4n) is 8.71. The van der Waals surface area contributed by atoms with E-state index in [9.17, 15) is 14.4 Å². The minimum Gasteiger partial charge on any atom is -0.438 e. The van der Waals surface area contributed by atoms with Gasteiger partial charge in [-0.25, -0.2) is 9.59 Å². The molecule has 0 aliphatic heterocycles. The van der Waals surface area contributed by atoms with Crippen LogP contribution in [-0.2, 0) is 33.2 Å². The standard InChI is InChI=1S/C35H52O9/c1-22(9-11-24(36)15-17-33(2,3)42-21-39-6)27-13-14-28-26-12-10-23-19-25(43-31(37)40-7)20-30(44-32(38)41-8)35(23,5)29(26)16-18-34(27,28)4/h9-12,22,25,27-30H,13-21H2,1-8H3/b11-9+/t22-,25+,27+,28-,29-,30-,34+,35-/m0/s1. The minimum atomic E-state index is -0.738. The highest BCUT2D eigenvalue weighted by atomic mass is 16.7. The molecule has 0 N–H and O–H groups in total. The minimum absolute atomic E-state index is 0.108. The van der Waals surface area contributed by atoms with Crippen LogP contribution >= 0.6 is 0 Å². The van der Waals surface area contributed by atoms with Crippen molar-refractivity contribution in [2.24, 2.45) is 34.5 Å². The Hall–Kier alpha value is -2.65. The van der Waals surface area contributed by atoms with Gasteiger partial charge < -0.3 is 28.4 Å². The number of ketones is 1. The lowest BCUT2D eigenvalue weighted by Crippen LogP contribution is -2.54. The van der Waals surface area contributed by atoms with Crippen molar-refractivity contribution < 1.29 is 42.8 Å². The van der Waals surface area contributed by atoms with E-state index in [4.69, 9.17) is 28.4 Å². The van der Waals surface area contributed by atoms with Crippen LogP contribution in [0.5, 0.6) is 0 Å². The van der Waals surface area contributed by atoms with Crippen LogP contribution < -0.4 is 0 Å². The summed E-state index contributed by atoms with van der Waals surface area (Å²) in [7, 11) is 4.19. The van der Waals surface area contributed by atoms with Crippen LogP contribution in [0, 0.1) is 34.5 Å². The summed E-state index contributed by atoms with van der Waals surface area (Å²) in [5.41, 5.74) is 1.83. The molecule has 4 aliphatic rings. The van der Waals surface area contributed by atoms with E-state index in [0.29, 0.717) is 37.5 Å². The SMILES string of the molecule is COCOC(C)(C)CCC(=O)/C=C/[C@H](C)[C@H]1CC[C@H]2C3=CC=C4C[C@@H](OC(=O)OC)C[C@H](OC(=O)OC)[C@]4(C)[C@H]3CC[C@]12C. The maximum absolute atomic E-state index is 12.8. The Bertz CT molecular complexity index is 1170. The monoisotopic (exact) mass is 616 g/mol. The van der Waals surface area contributed by atoms with E-state index in [0.717, 1.165) is 31.3 Å². The summed E-state index contributed by atoms with van der Waals surface area (Å²) in [5, 5.41) is 0. The van der Waals surface area contributed by atoms with Crippen LogP contribution in [0.3, 0.4) is 0 Å². The maximum atomic E-state index is 12.8. The Morgan fingerprint density at radius 1 is 1.00 bits per heavy atom. The Balaban J connectivity index is 1.50. The van der Waals surface area contributed by atoms with Gasteiger partial charge in [-0.05, 0) is 81.1 Å². The Labute approximate surface area is 262 Å². The molecule has 246 valence electrons. The zero-order valence-electron chi connectivity index (χ0n) is 27.8. The van der Waals surface area contributed by atoms with E-state index in [-0.39, 0.29) is 29.8 Å². The number of methoxy groups -OCH3 is 3. The Kier molecular flexibility index (Phi) is 10.7. The molecule has 0 bridgehead atoms. The van der Waals surface area contributed by atoms with Gasteiger partial charge in [0.15, 0.2) is 5.78 Å². The predicted molar refractivity (Wildman–Crippen MR) is 165 cm³/mol. The van der Waals surface area contributed by atoms with Crippen LogP contribution in [0.15, 0.2) is 35.5 Å². The van der Waals surface area contributed by atoms with Crippen molar-refractivity contribution in [1.82, 2.24) is 0 Å². The summed E-state index contributed by atoms with van der Waals surface area (Å²) in [6.07, 6.45) is 12.2. The molecule has 0 heterocycles. The summed E-state index contributed by atoms with van der Waals surface area (Å²) in [6.45, 7) is 11.0. The quantitative estimate of drug-likeness (QED) is 0.134. The number of ether oxygens (including phenoxy) is 6. The van der Waals surface area contributed by atoms with Crippen LogP contribution in [0.2, 0.25) is 0 Å². The van der Waals surface area contributed by atoms with E-state index >= 15 is 0 Å². The number of hydrogen-bond acceptors (Lipinski definition) is 9. The fourth-order valence-corrected chi connectivity index (χ4v) is 8.71. The normalized spacial score (nSPS) is 33.7. The second kappa shape index (κ2) is 13.8. The van der Waals surface area contributed by atoms with Crippen LogP contribution in [-0.4, -0.2) is 64.0 Å². The highest BCUT2D eigenvalue weighted by molar-refractivity contribution is 5.89. The van der Waals surface area contributed by atoms with Gasteiger partial charge in [-0.15, -0.1) is 0 Å². The average molecular weight is 617 g/mol. The Morgan fingerprint density at radius 3 is 2.39 bits per heavy atom. The molecule has 8 atom stereocenters. The Morgan fingerprint density at radius 2 is 1.70 bits per heavy atom. The number of rotatable bonds is 11. The van der Waals surface area contributed by atoms with Crippen LogP contribution in [0.25, 0.3) is 0 Å². The van der Waals surface area contributed by atoms with Crippen molar-refractivity contribution >= 4 is 18.1 Å². The van der Waals surface area contributed by atoms with E-state index in [1.54, 1.807) is 13.2 Å². The number of carbonyl (C=O) groups excluding carboxylic acids is 3. The molecule has 0 amide bonds. The molecule has 44 heavy (non-hydrogen) atoms. The van der Waals surface area contributed by atoms with Gasteiger partial charge in [0.25, 0.3) is 0 Å². The highest BCUT2D eigenvalue weighted by Gasteiger charge is 2.60. The largest absolute Gasteiger partial charge is 0.508 e. The van der Waals surface area contributed by atoms with Crippen molar-refractivity contribution in [3.05, 3.63) is 35.5 Å². The van der Waals surface area contributed by atoms with Crippen molar-refractivity contribution in [2.75, 3.05) is 28.1 Å². The lowest BCUT2D eigenvalue weighted by Gasteiger charge is -2.57. The predicted octanol–water partition coefficient (Wildman–Crippen LogP) is 7.34. The van der Waals surface area contributed by atoms with Gasteiger partial charge in [0.2, 0.25) is 0 Å². The molecule has 0 spiro atoms. The molecule has 4 rings (SSSR count). The molecule has 3 saturated carbocycles. The molecule has 0 saturated heterocycles. The first-order valence-corrected chi connectivity index (χ1v) is 16.0. The maximum Gasteiger partial charge on any atom is 0.508 e. The summed E-state index contributed by atoms with van der Waals surface area (Å²) < 4.78 is 31.8. The van der Waals surface area contributed by atoms with Gasteiger partial charge in [-0.3, -0.25) is 4.79 Å². The third-order valence-electron chi connectivity index (χ3n) is 11.3. The number of hydrogen-bond donors (Lipinski definition) is 0. The third-order valence-corrected chi connectivity index (χ3v) is 11.3. The molecule has 0 aromatic rings. The van der Waals surface area contributed by atoms with Gasteiger partial charge >= 0.3 is 12.3 Å². The average Bonchev–Trinajstić information content (AvgIpc) is 3.35. The molecule has 9 nitrogen and oxygen atoms in total. The van der Waals surface area contributed by atoms with Crippen molar-refractivity contribution in [2.45, 2.75) is 104 Å². The number of carbonyl (C=O) groups is 3. The molecule has 0 unspecified atom stereocenters. The summed E-state index contributed by atoms with van der Waals surface area (Å²) in [5.74, 6) is 1.48. The first-order valence-electron chi connectivity index (χ1n) is 16.0. The van der Waals surface area contributed by atoms with E-state index in [1.165, 1.54) is 19.8 Å². The summed E-state index contributed by atoms with van der Waals surface area (Å²) >= 11 is 0. The van der Waals surface area contributed by atoms with Crippen molar-refractivity contribution in [3.63, 3.8) is 0 Å². The fraction of sp³-hybridized carbons (Fsp3) is 0.743. The van der Waals surface area contributed by atoms with Crippen molar-refractivity contribution in [1.29, 1.82) is 0 Å². The van der Waals surface area contributed by atoms with Crippen LogP contribution in [0.1, 0.15) is 86.0 Å². The zero-order valence-corrected chi connectivity index (χ0v) is 27.8. The molecule has 9 heteroatoms. The topological polar surface area (TPSA) is 107 Å². The van der Waals surface area contributed by atoms with Crippen molar-refractivity contribution in [3.8, 4) is 0 Å². The second-order valence-corrected chi connectivity index (χ2v) is 14.2. The zero-order chi connectivity index (χ0) is 32.3. The highest BCUT2D eigenvalue weighted by Crippen LogP contribution is 2.66. The van der Waals surface area contributed by atoms with E-state index in [1.807, 2.05) is 13.8 Å². The van der Waals surface area contributed by atoms with Gasteiger partial charge in [-0.1, -0.05) is 50.1 Å². The third kappa shape index (κ3) is 6.94. The second-order valence-electron chi connectivity index (χ2n) is 14.2. The molecule has 0 radical (unpaired) electrons. The summed E-state index contributed by atoms with van der Waals surface area (Å²) in [6, 6.07) is 0. The number of allylic oxidation sites excluding steroid dienone is 5. The lowest BCUT2D eigenvalue weighted by atomic mass is 9.49. The van der Waals surface area contributed by atoms with Gasteiger partial charge in [-0.2, -0.15) is 0 Å². The molecule has 4 aliphatic carbocycles. The first kappa shape index (κ1) is 34.2. The molecule has 3 fully saturated rings. The van der Waals surface area contributed by atoms with Crippen LogP contribution in [0.4, 0.5) is 9.59 Å². The molecule has 0 aromatic heterocycles. The van der Waals surface area contributed by atoms with E-state index < -0.39 is 35.5 Å². The van der Waals surface area contributed by atoms with Gasteiger partial charge in [0, 0.05) is 31.8 Å². The smallest absolute Gasteiger partial charge is 0.438 e.